The molecule has 1 aromatic rings. The number of ether oxygens (including phenoxy) is 1. The number of benzene rings is 1. The average Bonchev–Trinajstić information content (AvgIpc) is 2.74. The van der Waals surface area contributed by atoms with Crippen LogP contribution in [0.1, 0.15) is 72.8 Å². The number of carboxylic acid groups (broad SMARTS) is 1. The van der Waals surface area contributed by atoms with Crippen LogP contribution < -0.4 is 10.6 Å². The molecule has 3 N–H and O–H groups in total. The molecule has 210 valence electrons. The number of nitrogens with one attached hydrogen (secondary N) is 2. The van der Waals surface area contributed by atoms with Gasteiger partial charge in [0, 0.05) is 18.6 Å². The van der Waals surface area contributed by atoms with Crippen molar-refractivity contribution in [2.75, 3.05) is 7.05 Å². The Balaban J connectivity index is 1.60. The number of nitrogens with zero attached hydrogens (tertiary/aromatic N) is 1. The molecule has 0 aromatic heterocycles. The first-order valence-electron chi connectivity index (χ1n) is 13.4. The van der Waals surface area contributed by atoms with Gasteiger partial charge in [-0.1, -0.05) is 51.1 Å². The minimum absolute atomic E-state index is 0.0848. The normalized spacial score (nSPS) is 24.2. The largest absolute Gasteiger partial charge is 0.481 e. The molecule has 2 bridgehead atoms. The van der Waals surface area contributed by atoms with Gasteiger partial charge in [-0.05, 0) is 64.4 Å². The molecule has 3 unspecified atom stereocenters. The van der Waals surface area contributed by atoms with Crippen molar-refractivity contribution in [1.29, 1.82) is 0 Å². The third-order valence-corrected chi connectivity index (χ3v) is 7.62. The smallest absolute Gasteiger partial charge is 0.410 e. The number of hydrogen-bond donors (Lipinski definition) is 3. The van der Waals surface area contributed by atoms with E-state index in [9.17, 15) is 24.3 Å². The lowest BCUT2D eigenvalue weighted by Crippen LogP contribution is -2.79. The Kier molecular flexibility index (Phi) is 8.48. The minimum atomic E-state index is -0.888. The molecule has 9 nitrogen and oxygen atoms in total. The summed E-state index contributed by atoms with van der Waals surface area (Å²) in [5, 5.41) is 15.6. The lowest BCUT2D eigenvalue weighted by Gasteiger charge is -2.69. The molecule has 3 aliphatic carbocycles. The van der Waals surface area contributed by atoms with Gasteiger partial charge in [-0.3, -0.25) is 19.3 Å². The number of carbonyl (C=O) groups is 4. The van der Waals surface area contributed by atoms with Gasteiger partial charge in [0.2, 0.25) is 11.8 Å². The zero-order chi connectivity index (χ0) is 28.5. The van der Waals surface area contributed by atoms with Crippen molar-refractivity contribution < 1.29 is 29.0 Å². The van der Waals surface area contributed by atoms with Gasteiger partial charge in [0.1, 0.15) is 11.6 Å². The molecule has 0 spiro atoms. The minimum Gasteiger partial charge on any atom is -0.481 e. The van der Waals surface area contributed by atoms with E-state index in [4.69, 9.17) is 4.74 Å². The van der Waals surface area contributed by atoms with E-state index in [1.807, 2.05) is 44.2 Å². The van der Waals surface area contributed by atoms with Crippen LogP contribution >= 0.6 is 0 Å². The summed E-state index contributed by atoms with van der Waals surface area (Å²) in [4.78, 5) is 52.0. The molecule has 3 saturated carbocycles. The van der Waals surface area contributed by atoms with E-state index in [1.54, 1.807) is 34.7 Å². The van der Waals surface area contributed by atoms with E-state index in [2.05, 4.69) is 10.6 Å². The molecular formula is C29H43N3O6. The van der Waals surface area contributed by atoms with Gasteiger partial charge in [-0.15, -0.1) is 0 Å². The molecular weight excluding hydrogens is 486 g/mol. The average molecular weight is 530 g/mol. The number of likely N-dealkylation sites (N-methyl/N-ethyl adjacent to an activating group) is 1. The Labute approximate surface area is 225 Å². The topological polar surface area (TPSA) is 125 Å². The summed E-state index contributed by atoms with van der Waals surface area (Å²) in [6.45, 7) is 10.8. The van der Waals surface area contributed by atoms with Crippen molar-refractivity contribution in [1.82, 2.24) is 15.5 Å². The molecule has 4 rings (SSSR count). The van der Waals surface area contributed by atoms with Crippen LogP contribution in [0.3, 0.4) is 0 Å². The van der Waals surface area contributed by atoms with Crippen molar-refractivity contribution in [2.24, 2.45) is 17.3 Å². The molecule has 38 heavy (non-hydrogen) atoms. The van der Waals surface area contributed by atoms with Crippen molar-refractivity contribution in [2.45, 2.75) is 96.9 Å². The van der Waals surface area contributed by atoms with Crippen molar-refractivity contribution in [3.63, 3.8) is 0 Å². The molecule has 0 saturated heterocycles. The molecule has 0 radical (unpaired) electrons. The van der Waals surface area contributed by atoms with E-state index in [-0.39, 0.29) is 23.8 Å². The van der Waals surface area contributed by atoms with E-state index < -0.39 is 40.6 Å². The molecule has 1 aromatic carbocycles. The number of amides is 3. The van der Waals surface area contributed by atoms with Crippen molar-refractivity contribution >= 4 is 23.9 Å². The standard InChI is InChI=1S/C29H43N3O6/c1-18(2)22(32(7)26(37)38-27(4,5)6)23(33)31-29-15-28(16-29,17-29)25(36)30-21(13-19(3)24(34)35)14-20-11-9-8-10-12-20/h8-12,18-19,21-22H,13-17H2,1-7H3,(H,30,36)(H,31,33)(H,34,35). The van der Waals surface area contributed by atoms with Gasteiger partial charge < -0.3 is 20.5 Å². The molecule has 0 aliphatic heterocycles. The van der Waals surface area contributed by atoms with Crippen LogP contribution in [0.5, 0.6) is 0 Å². The van der Waals surface area contributed by atoms with Gasteiger partial charge in [0.15, 0.2) is 0 Å². The first kappa shape index (κ1) is 29.5. The van der Waals surface area contributed by atoms with E-state index >= 15 is 0 Å². The maximum atomic E-state index is 13.3. The predicted molar refractivity (Wildman–Crippen MR) is 143 cm³/mol. The fourth-order valence-corrected chi connectivity index (χ4v) is 5.83. The first-order valence-corrected chi connectivity index (χ1v) is 13.4. The van der Waals surface area contributed by atoms with Crippen LogP contribution in [-0.4, -0.2) is 64.2 Å². The van der Waals surface area contributed by atoms with E-state index in [0.29, 0.717) is 32.1 Å². The summed E-state index contributed by atoms with van der Waals surface area (Å²) >= 11 is 0. The van der Waals surface area contributed by atoms with Gasteiger partial charge >= 0.3 is 12.1 Å². The second-order valence-corrected chi connectivity index (χ2v) is 12.7. The highest BCUT2D eigenvalue weighted by molar-refractivity contribution is 5.91. The molecule has 3 fully saturated rings. The Morgan fingerprint density at radius 3 is 2.13 bits per heavy atom. The Morgan fingerprint density at radius 1 is 1.05 bits per heavy atom. The summed E-state index contributed by atoms with van der Waals surface area (Å²) in [7, 11) is 1.57. The fraction of sp³-hybridized carbons (Fsp3) is 0.655. The summed E-state index contributed by atoms with van der Waals surface area (Å²) < 4.78 is 5.45. The van der Waals surface area contributed by atoms with Crippen LogP contribution in [0.2, 0.25) is 0 Å². The van der Waals surface area contributed by atoms with Gasteiger partial charge in [0.05, 0.1) is 11.3 Å². The van der Waals surface area contributed by atoms with E-state index in [0.717, 1.165) is 5.56 Å². The summed E-state index contributed by atoms with van der Waals surface area (Å²) in [5.41, 5.74) is -0.624. The fourth-order valence-electron chi connectivity index (χ4n) is 5.83. The summed E-state index contributed by atoms with van der Waals surface area (Å²) in [6, 6.07) is 8.70. The molecule has 3 aliphatic rings. The van der Waals surface area contributed by atoms with Crippen LogP contribution in [0, 0.1) is 17.3 Å². The maximum Gasteiger partial charge on any atom is 0.410 e. The van der Waals surface area contributed by atoms with E-state index in [1.165, 1.54) is 4.90 Å². The zero-order valence-corrected chi connectivity index (χ0v) is 23.7. The van der Waals surface area contributed by atoms with Gasteiger partial charge in [-0.2, -0.15) is 0 Å². The summed E-state index contributed by atoms with van der Waals surface area (Å²) in [5.74, 6) is -1.94. The Morgan fingerprint density at radius 2 is 1.63 bits per heavy atom. The van der Waals surface area contributed by atoms with Crippen molar-refractivity contribution in [3.8, 4) is 0 Å². The molecule has 0 heterocycles. The lowest BCUT2D eigenvalue weighted by molar-refractivity contribution is -0.185. The lowest BCUT2D eigenvalue weighted by atomic mass is 9.39. The van der Waals surface area contributed by atoms with Gasteiger partial charge in [0.25, 0.3) is 0 Å². The second-order valence-electron chi connectivity index (χ2n) is 12.7. The Bertz CT molecular complexity index is 1030. The quantitative estimate of drug-likeness (QED) is 0.401. The number of aliphatic carboxylic acids is 1. The van der Waals surface area contributed by atoms with Crippen LogP contribution in [0.25, 0.3) is 0 Å². The van der Waals surface area contributed by atoms with Crippen molar-refractivity contribution in [3.05, 3.63) is 35.9 Å². The maximum absolute atomic E-state index is 13.3. The Hall–Kier alpha value is -3.10. The third kappa shape index (κ3) is 6.66. The highest BCUT2D eigenvalue weighted by Gasteiger charge is 2.72. The number of carbonyl (C=O) groups excluding carboxylic acids is 3. The molecule has 3 amide bonds. The highest BCUT2D eigenvalue weighted by Crippen LogP contribution is 2.67. The van der Waals surface area contributed by atoms with Crippen LogP contribution in [0.4, 0.5) is 4.79 Å². The number of hydrogen-bond acceptors (Lipinski definition) is 5. The van der Waals surface area contributed by atoms with Gasteiger partial charge in [-0.25, -0.2) is 4.79 Å². The highest BCUT2D eigenvalue weighted by atomic mass is 16.6. The van der Waals surface area contributed by atoms with Crippen LogP contribution in [-0.2, 0) is 25.5 Å². The third-order valence-electron chi connectivity index (χ3n) is 7.62. The SMILES string of the molecule is CC(CC(Cc1ccccc1)NC(=O)C12CC(NC(=O)C(C(C)C)N(C)C(=O)OC(C)(C)C)(C1)C2)C(=O)O. The number of carboxylic acids is 1. The second kappa shape index (κ2) is 10.9. The zero-order valence-electron chi connectivity index (χ0n) is 23.7. The first-order chi connectivity index (χ1) is 17.6. The molecule has 3 atom stereocenters. The van der Waals surface area contributed by atoms with Crippen LogP contribution in [0.15, 0.2) is 30.3 Å². The monoisotopic (exact) mass is 529 g/mol. The summed E-state index contributed by atoms with van der Waals surface area (Å²) in [6.07, 6.45) is 1.93. The molecule has 9 heteroatoms. The predicted octanol–water partition coefficient (Wildman–Crippen LogP) is 3.76. The number of rotatable bonds is 11.